The van der Waals surface area contributed by atoms with E-state index >= 15 is 0 Å². The summed E-state index contributed by atoms with van der Waals surface area (Å²) >= 11 is 0. The molecule has 2 unspecified atom stereocenters. The van der Waals surface area contributed by atoms with Crippen LogP contribution in [0.3, 0.4) is 0 Å². The van der Waals surface area contributed by atoms with Crippen molar-refractivity contribution >= 4 is 11.9 Å². The Hall–Kier alpha value is -1.92. The summed E-state index contributed by atoms with van der Waals surface area (Å²) in [5.74, 6) is -0.0348. The lowest BCUT2D eigenvalue weighted by Gasteiger charge is -2.22. The third-order valence-corrected chi connectivity index (χ3v) is 14.2. The van der Waals surface area contributed by atoms with Crippen molar-refractivity contribution in [1.82, 2.24) is 5.32 Å². The van der Waals surface area contributed by atoms with Gasteiger partial charge in [0.15, 0.2) is 0 Å². The van der Waals surface area contributed by atoms with Crippen LogP contribution in [-0.2, 0) is 14.3 Å². The van der Waals surface area contributed by atoms with Gasteiger partial charge in [0.1, 0.15) is 0 Å². The van der Waals surface area contributed by atoms with Crippen molar-refractivity contribution < 1.29 is 24.5 Å². The lowest BCUT2D eigenvalue weighted by atomic mass is 10.0. The molecule has 0 aliphatic rings. The molecular formula is C63H119NO5. The molecule has 6 heteroatoms. The average Bonchev–Trinajstić information content (AvgIpc) is 3.35. The topological polar surface area (TPSA) is 95.9 Å². The van der Waals surface area contributed by atoms with Gasteiger partial charge in [0.05, 0.1) is 25.4 Å². The van der Waals surface area contributed by atoms with Crippen LogP contribution in [-0.4, -0.2) is 47.4 Å². The van der Waals surface area contributed by atoms with E-state index in [4.69, 9.17) is 4.74 Å². The molecule has 0 radical (unpaired) electrons. The molecule has 0 heterocycles. The maximum absolute atomic E-state index is 12.4. The molecule has 0 spiro atoms. The summed E-state index contributed by atoms with van der Waals surface area (Å²) < 4.78 is 5.47. The van der Waals surface area contributed by atoms with E-state index in [-0.39, 0.29) is 18.5 Å². The van der Waals surface area contributed by atoms with Crippen molar-refractivity contribution in [2.45, 2.75) is 341 Å². The number of aliphatic hydroxyl groups excluding tert-OH is 2. The predicted molar refractivity (Wildman–Crippen MR) is 301 cm³/mol. The van der Waals surface area contributed by atoms with E-state index in [1.165, 1.54) is 244 Å². The number of carbonyl (C=O) groups is 2. The molecule has 2 atom stereocenters. The summed E-state index contributed by atoms with van der Waals surface area (Å²) in [4.78, 5) is 24.4. The molecule has 1 amide bonds. The Balaban J connectivity index is 3.38. The second-order valence-electron chi connectivity index (χ2n) is 21.0. The Labute approximate surface area is 430 Å². The van der Waals surface area contributed by atoms with Crippen molar-refractivity contribution in [3.63, 3.8) is 0 Å². The van der Waals surface area contributed by atoms with Crippen molar-refractivity contribution in [2.75, 3.05) is 13.2 Å². The predicted octanol–water partition coefficient (Wildman–Crippen LogP) is 19.2. The Morgan fingerprint density at radius 2 is 0.725 bits per heavy atom. The van der Waals surface area contributed by atoms with Crippen LogP contribution in [0, 0.1) is 0 Å². The van der Waals surface area contributed by atoms with E-state index in [9.17, 15) is 19.8 Å². The maximum atomic E-state index is 12.4. The first-order valence-corrected chi connectivity index (χ1v) is 30.7. The van der Waals surface area contributed by atoms with Gasteiger partial charge in [-0.3, -0.25) is 9.59 Å². The molecule has 0 saturated carbocycles. The zero-order valence-electron chi connectivity index (χ0n) is 46.3. The molecule has 0 fully saturated rings. The third-order valence-electron chi connectivity index (χ3n) is 14.2. The number of hydrogen-bond acceptors (Lipinski definition) is 5. The summed E-state index contributed by atoms with van der Waals surface area (Å²) in [6.07, 6.45) is 73.1. The van der Waals surface area contributed by atoms with Crippen LogP contribution < -0.4 is 5.32 Å². The van der Waals surface area contributed by atoms with Crippen LogP contribution in [0.2, 0.25) is 0 Å². The molecule has 0 rings (SSSR count). The van der Waals surface area contributed by atoms with Gasteiger partial charge in [-0.05, 0) is 83.5 Å². The number of amides is 1. The highest BCUT2D eigenvalue weighted by Crippen LogP contribution is 2.17. The molecule has 0 saturated heterocycles. The van der Waals surface area contributed by atoms with Gasteiger partial charge in [0.2, 0.25) is 5.91 Å². The van der Waals surface area contributed by atoms with Crippen molar-refractivity contribution in [2.24, 2.45) is 0 Å². The number of ether oxygens (including phenoxy) is 1. The molecule has 0 bridgehead atoms. The molecule has 0 aromatic carbocycles. The number of nitrogens with one attached hydrogen (secondary N) is 1. The molecule has 6 nitrogen and oxygen atoms in total. The highest BCUT2D eigenvalue weighted by molar-refractivity contribution is 5.76. The smallest absolute Gasteiger partial charge is 0.305 e. The summed E-state index contributed by atoms with van der Waals surface area (Å²) in [7, 11) is 0. The van der Waals surface area contributed by atoms with Gasteiger partial charge in [-0.2, -0.15) is 0 Å². The van der Waals surface area contributed by atoms with Gasteiger partial charge >= 0.3 is 5.97 Å². The molecule has 0 aromatic rings. The summed E-state index contributed by atoms with van der Waals surface area (Å²) in [6, 6.07) is -0.540. The number of hydrogen-bond donors (Lipinski definition) is 3. The van der Waals surface area contributed by atoms with E-state index < -0.39 is 12.1 Å². The van der Waals surface area contributed by atoms with Crippen LogP contribution in [0.5, 0.6) is 0 Å². The van der Waals surface area contributed by atoms with Crippen LogP contribution in [0.4, 0.5) is 0 Å². The van der Waals surface area contributed by atoms with E-state index in [1.54, 1.807) is 0 Å². The van der Waals surface area contributed by atoms with Gasteiger partial charge in [-0.1, -0.05) is 269 Å². The monoisotopic (exact) mass is 970 g/mol. The SMILES string of the molecule is CCCCCCC/C=C\CCCCCCCC(=O)OCCCCCCCCCCC/C=C\C/C=C\CCCCCCCCCCCCCCCC(=O)NC(CO)C(O)CCCCCCCCCCC. The zero-order chi connectivity index (χ0) is 50.0. The first-order valence-electron chi connectivity index (χ1n) is 30.7. The van der Waals surface area contributed by atoms with Gasteiger partial charge in [-0.15, -0.1) is 0 Å². The molecule has 0 aliphatic carbocycles. The van der Waals surface area contributed by atoms with Crippen molar-refractivity contribution in [3.05, 3.63) is 36.5 Å². The molecule has 0 aliphatic heterocycles. The zero-order valence-corrected chi connectivity index (χ0v) is 46.3. The van der Waals surface area contributed by atoms with Crippen LogP contribution in [0.25, 0.3) is 0 Å². The number of esters is 1. The average molecular weight is 971 g/mol. The second kappa shape index (κ2) is 58.6. The summed E-state index contributed by atoms with van der Waals surface area (Å²) in [5.41, 5.74) is 0. The van der Waals surface area contributed by atoms with Gasteiger partial charge in [-0.25, -0.2) is 0 Å². The first kappa shape index (κ1) is 67.1. The minimum absolute atomic E-state index is 0.00324. The minimum atomic E-state index is -0.663. The lowest BCUT2D eigenvalue weighted by molar-refractivity contribution is -0.143. The fourth-order valence-corrected chi connectivity index (χ4v) is 9.43. The highest BCUT2D eigenvalue weighted by Gasteiger charge is 2.20. The first-order chi connectivity index (χ1) is 34.0. The number of allylic oxidation sites excluding steroid dienone is 6. The van der Waals surface area contributed by atoms with Gasteiger partial charge in [0, 0.05) is 12.8 Å². The summed E-state index contributed by atoms with van der Waals surface area (Å²) in [5, 5.41) is 23.1. The minimum Gasteiger partial charge on any atom is -0.466 e. The van der Waals surface area contributed by atoms with Crippen molar-refractivity contribution in [1.29, 1.82) is 0 Å². The number of carbonyl (C=O) groups excluding carboxylic acids is 2. The largest absolute Gasteiger partial charge is 0.466 e. The van der Waals surface area contributed by atoms with Crippen LogP contribution in [0.15, 0.2) is 36.5 Å². The molecular weight excluding hydrogens is 851 g/mol. The standard InChI is InChI=1S/C63H119NO5/c1-3-5-7-9-11-13-14-15-34-37-41-45-49-53-57-63(68)69-58-54-50-46-42-38-35-32-30-28-26-24-22-20-18-16-17-19-21-23-25-27-29-31-33-36-40-44-48-52-56-62(67)64-60(59-65)61(66)55-51-47-43-39-12-10-8-6-4-2/h14-16,18,22,24,60-61,65-66H,3-13,17,19-21,23,25-59H2,1-2H3,(H,64,67)/b15-14-,18-16-,24-22-. The quantitative estimate of drug-likeness (QED) is 0.0321. The molecule has 69 heavy (non-hydrogen) atoms. The fraction of sp³-hybridized carbons (Fsp3) is 0.873. The number of aliphatic hydroxyl groups is 2. The summed E-state index contributed by atoms with van der Waals surface area (Å²) in [6.45, 7) is 4.92. The Kier molecular flexibility index (Phi) is 57.0. The normalized spacial score (nSPS) is 12.8. The third kappa shape index (κ3) is 55.2. The van der Waals surface area contributed by atoms with Crippen molar-refractivity contribution in [3.8, 4) is 0 Å². The van der Waals surface area contributed by atoms with Crippen LogP contribution in [0.1, 0.15) is 328 Å². The van der Waals surface area contributed by atoms with E-state index in [2.05, 4.69) is 55.6 Å². The van der Waals surface area contributed by atoms with Gasteiger partial charge in [0.25, 0.3) is 0 Å². The molecule has 3 N–H and O–H groups in total. The number of rotatable bonds is 57. The Morgan fingerprint density at radius 3 is 1.12 bits per heavy atom. The van der Waals surface area contributed by atoms with E-state index in [0.29, 0.717) is 25.9 Å². The Morgan fingerprint density at radius 1 is 0.406 bits per heavy atom. The van der Waals surface area contributed by atoms with Gasteiger partial charge < -0.3 is 20.3 Å². The van der Waals surface area contributed by atoms with E-state index in [1.807, 2.05) is 0 Å². The maximum Gasteiger partial charge on any atom is 0.305 e. The Bertz CT molecular complexity index is 1120. The molecule has 406 valence electrons. The highest BCUT2D eigenvalue weighted by atomic mass is 16.5. The molecule has 0 aromatic heterocycles. The van der Waals surface area contributed by atoms with Crippen LogP contribution >= 0.6 is 0 Å². The van der Waals surface area contributed by atoms with E-state index in [0.717, 1.165) is 51.4 Å². The fourth-order valence-electron chi connectivity index (χ4n) is 9.43. The second-order valence-corrected chi connectivity index (χ2v) is 21.0. The number of unbranched alkanes of at least 4 members (excludes halogenated alkanes) is 40. The lowest BCUT2D eigenvalue weighted by Crippen LogP contribution is -2.45.